The Balaban J connectivity index is 1.66. The molecular weight excluding hydrogens is 304 g/mol. The van der Waals surface area contributed by atoms with Gasteiger partial charge in [-0.1, -0.05) is 18.2 Å². The second-order valence-electron chi connectivity index (χ2n) is 6.29. The van der Waals surface area contributed by atoms with Gasteiger partial charge in [0.15, 0.2) is 6.10 Å². The molecule has 0 aliphatic heterocycles. The number of benzene rings is 1. The second-order valence-corrected chi connectivity index (χ2v) is 6.29. The number of hydrogen-bond acceptors (Lipinski definition) is 3. The molecule has 2 aromatic rings. The third-order valence-electron chi connectivity index (χ3n) is 4.31. The van der Waals surface area contributed by atoms with Crippen LogP contribution in [0.1, 0.15) is 47.6 Å². The van der Waals surface area contributed by atoms with Crippen LogP contribution in [-0.4, -0.2) is 22.5 Å². The van der Waals surface area contributed by atoms with Crippen molar-refractivity contribution in [2.45, 2.75) is 45.8 Å². The average Bonchev–Trinajstić information content (AvgIpc) is 3.33. The molecule has 5 nitrogen and oxygen atoms in total. The largest absolute Gasteiger partial charge is 0.449 e. The number of para-hydroxylation sites is 1. The van der Waals surface area contributed by atoms with Crippen molar-refractivity contribution in [2.24, 2.45) is 0 Å². The summed E-state index contributed by atoms with van der Waals surface area (Å²) < 4.78 is 7.54. The lowest BCUT2D eigenvalue weighted by atomic mass is 10.2. The van der Waals surface area contributed by atoms with Gasteiger partial charge in [0.05, 0.1) is 5.56 Å². The van der Waals surface area contributed by atoms with Crippen molar-refractivity contribution in [1.29, 1.82) is 0 Å². The number of esters is 1. The Labute approximate surface area is 141 Å². The van der Waals surface area contributed by atoms with E-state index in [4.69, 9.17) is 4.74 Å². The summed E-state index contributed by atoms with van der Waals surface area (Å²) in [7, 11) is 0. The Bertz CT molecular complexity index is 760. The number of nitrogens with one attached hydrogen (secondary N) is 1. The molecule has 1 saturated carbocycles. The average molecular weight is 326 g/mol. The third-order valence-corrected chi connectivity index (χ3v) is 4.31. The molecule has 0 bridgehead atoms. The van der Waals surface area contributed by atoms with Gasteiger partial charge in [-0.25, -0.2) is 4.79 Å². The fourth-order valence-electron chi connectivity index (χ4n) is 2.92. The Hall–Kier alpha value is -2.56. The number of aryl methyl sites for hydroxylation is 1. The van der Waals surface area contributed by atoms with Crippen LogP contribution in [0.4, 0.5) is 5.69 Å². The molecule has 1 aliphatic carbocycles. The zero-order valence-corrected chi connectivity index (χ0v) is 14.2. The summed E-state index contributed by atoms with van der Waals surface area (Å²) in [4.78, 5) is 24.6. The molecule has 0 radical (unpaired) electrons. The van der Waals surface area contributed by atoms with Gasteiger partial charge in [-0.2, -0.15) is 0 Å². The molecular formula is C19H22N2O3. The van der Waals surface area contributed by atoms with Crippen LogP contribution in [-0.2, 0) is 9.53 Å². The molecule has 0 saturated heterocycles. The number of hydrogen-bond donors (Lipinski definition) is 1. The van der Waals surface area contributed by atoms with Crippen molar-refractivity contribution in [3.05, 3.63) is 53.3 Å². The second kappa shape index (κ2) is 6.51. The van der Waals surface area contributed by atoms with Crippen molar-refractivity contribution in [1.82, 2.24) is 4.57 Å². The minimum Gasteiger partial charge on any atom is -0.449 e. The van der Waals surface area contributed by atoms with Crippen molar-refractivity contribution in [3.63, 3.8) is 0 Å². The van der Waals surface area contributed by atoms with Crippen LogP contribution in [0.15, 0.2) is 36.4 Å². The van der Waals surface area contributed by atoms with E-state index in [1.165, 1.54) is 0 Å². The highest BCUT2D eigenvalue weighted by Crippen LogP contribution is 2.38. The molecule has 24 heavy (non-hydrogen) atoms. The van der Waals surface area contributed by atoms with Gasteiger partial charge in [-0.05, 0) is 51.8 Å². The molecule has 0 unspecified atom stereocenters. The van der Waals surface area contributed by atoms with Crippen LogP contribution in [0.25, 0.3) is 0 Å². The normalized spacial score (nSPS) is 15.0. The van der Waals surface area contributed by atoms with Gasteiger partial charge >= 0.3 is 5.97 Å². The van der Waals surface area contributed by atoms with Crippen LogP contribution in [0.3, 0.4) is 0 Å². The molecule has 0 spiro atoms. The highest BCUT2D eigenvalue weighted by atomic mass is 16.5. The topological polar surface area (TPSA) is 60.3 Å². The quantitative estimate of drug-likeness (QED) is 0.854. The van der Waals surface area contributed by atoms with Crippen LogP contribution >= 0.6 is 0 Å². The molecule has 1 aliphatic rings. The number of rotatable bonds is 5. The standard InChI is InChI=1S/C19H22N2O3/c1-12-11-17(13(2)21(12)16-9-10-16)19(23)24-14(3)18(22)20-15-7-5-4-6-8-15/h4-8,11,14,16H,9-10H2,1-3H3,(H,20,22)/t14-/m0/s1. The summed E-state index contributed by atoms with van der Waals surface area (Å²) in [6.45, 7) is 5.50. The first-order valence-corrected chi connectivity index (χ1v) is 8.22. The summed E-state index contributed by atoms with van der Waals surface area (Å²) in [5, 5.41) is 2.74. The molecule has 5 heteroatoms. The number of amides is 1. The number of carbonyl (C=O) groups is 2. The molecule has 126 valence electrons. The molecule has 1 aromatic heterocycles. The summed E-state index contributed by atoms with van der Waals surface area (Å²) in [6, 6.07) is 11.5. The number of aromatic nitrogens is 1. The van der Waals surface area contributed by atoms with E-state index in [9.17, 15) is 9.59 Å². The minimum atomic E-state index is -0.860. The molecule has 1 N–H and O–H groups in total. The molecule has 3 rings (SSSR count). The Morgan fingerprint density at radius 1 is 1.21 bits per heavy atom. The van der Waals surface area contributed by atoms with Gasteiger partial charge in [0.25, 0.3) is 5.91 Å². The van der Waals surface area contributed by atoms with Crippen molar-refractivity contribution >= 4 is 17.6 Å². The molecule has 1 heterocycles. The lowest BCUT2D eigenvalue weighted by Crippen LogP contribution is -2.30. The highest BCUT2D eigenvalue weighted by molar-refractivity contribution is 5.97. The minimum absolute atomic E-state index is 0.342. The predicted molar refractivity (Wildman–Crippen MR) is 92.1 cm³/mol. The summed E-state index contributed by atoms with van der Waals surface area (Å²) in [5.74, 6) is -0.795. The zero-order chi connectivity index (χ0) is 17.3. The van der Waals surface area contributed by atoms with Crippen molar-refractivity contribution < 1.29 is 14.3 Å². The van der Waals surface area contributed by atoms with E-state index in [2.05, 4.69) is 9.88 Å². The lowest BCUT2D eigenvalue weighted by Gasteiger charge is -2.14. The van der Waals surface area contributed by atoms with E-state index >= 15 is 0 Å². The number of nitrogens with zero attached hydrogens (tertiary/aromatic N) is 1. The fourth-order valence-corrected chi connectivity index (χ4v) is 2.92. The van der Waals surface area contributed by atoms with Crippen LogP contribution in [0, 0.1) is 13.8 Å². The third kappa shape index (κ3) is 3.35. The smallest absolute Gasteiger partial charge is 0.340 e. The van der Waals surface area contributed by atoms with E-state index in [0.717, 1.165) is 24.2 Å². The van der Waals surface area contributed by atoms with E-state index in [1.54, 1.807) is 19.1 Å². The van der Waals surface area contributed by atoms with E-state index in [1.807, 2.05) is 38.1 Å². The zero-order valence-electron chi connectivity index (χ0n) is 14.2. The Morgan fingerprint density at radius 3 is 2.50 bits per heavy atom. The first-order chi connectivity index (χ1) is 11.5. The number of carbonyl (C=O) groups excluding carboxylic acids is 2. The molecule has 1 amide bonds. The molecule has 1 aromatic carbocycles. The SMILES string of the molecule is Cc1cc(C(=O)O[C@@H](C)C(=O)Nc2ccccc2)c(C)n1C1CC1. The van der Waals surface area contributed by atoms with Crippen LogP contribution < -0.4 is 5.32 Å². The molecule has 1 atom stereocenters. The Morgan fingerprint density at radius 2 is 1.88 bits per heavy atom. The predicted octanol–water partition coefficient (Wildman–Crippen LogP) is 3.62. The maximum atomic E-state index is 12.4. The molecule has 1 fully saturated rings. The highest BCUT2D eigenvalue weighted by Gasteiger charge is 2.29. The summed E-state index contributed by atoms with van der Waals surface area (Å²) in [5.41, 5.74) is 3.19. The lowest BCUT2D eigenvalue weighted by molar-refractivity contribution is -0.123. The van der Waals surface area contributed by atoms with Gasteiger partial charge in [0, 0.05) is 23.1 Å². The van der Waals surface area contributed by atoms with E-state index < -0.39 is 12.1 Å². The van der Waals surface area contributed by atoms with Crippen molar-refractivity contribution in [3.8, 4) is 0 Å². The van der Waals surface area contributed by atoms with Gasteiger partial charge in [0.2, 0.25) is 0 Å². The maximum absolute atomic E-state index is 12.4. The number of ether oxygens (including phenoxy) is 1. The first-order valence-electron chi connectivity index (χ1n) is 8.22. The van der Waals surface area contributed by atoms with E-state index in [0.29, 0.717) is 17.3 Å². The van der Waals surface area contributed by atoms with Gasteiger partial charge in [-0.15, -0.1) is 0 Å². The van der Waals surface area contributed by atoms with Gasteiger partial charge < -0.3 is 14.6 Å². The summed E-state index contributed by atoms with van der Waals surface area (Å²) >= 11 is 0. The van der Waals surface area contributed by atoms with Crippen molar-refractivity contribution in [2.75, 3.05) is 5.32 Å². The van der Waals surface area contributed by atoms with Gasteiger partial charge in [0.1, 0.15) is 0 Å². The Kier molecular flexibility index (Phi) is 4.42. The summed E-state index contributed by atoms with van der Waals surface area (Å²) in [6.07, 6.45) is 1.45. The van der Waals surface area contributed by atoms with E-state index in [-0.39, 0.29) is 5.91 Å². The first kappa shape index (κ1) is 16.3. The van der Waals surface area contributed by atoms with Crippen LogP contribution in [0.2, 0.25) is 0 Å². The monoisotopic (exact) mass is 326 g/mol. The number of anilines is 1. The fraction of sp³-hybridized carbons (Fsp3) is 0.368. The van der Waals surface area contributed by atoms with Crippen LogP contribution in [0.5, 0.6) is 0 Å². The van der Waals surface area contributed by atoms with Gasteiger partial charge in [-0.3, -0.25) is 4.79 Å². The maximum Gasteiger partial charge on any atom is 0.340 e.